The number of nitrogens with two attached hydrogens (primary N) is 1. The van der Waals surface area contributed by atoms with Crippen LogP contribution in [-0.4, -0.2) is 40.6 Å². The summed E-state index contributed by atoms with van der Waals surface area (Å²) in [7, 11) is 0. The van der Waals surface area contributed by atoms with Gasteiger partial charge in [-0.3, -0.25) is 5.10 Å². The van der Waals surface area contributed by atoms with Gasteiger partial charge in [0.15, 0.2) is 0 Å². The molecule has 0 saturated carbocycles. The van der Waals surface area contributed by atoms with Gasteiger partial charge in [0.25, 0.3) is 0 Å². The van der Waals surface area contributed by atoms with Crippen molar-refractivity contribution in [3.05, 3.63) is 5.82 Å². The number of piperidine rings is 1. The van der Waals surface area contributed by atoms with Crippen LogP contribution in [-0.2, 0) is 0 Å². The molecule has 0 spiro atoms. The maximum atomic E-state index is 5.73. The van der Waals surface area contributed by atoms with Crippen molar-refractivity contribution in [1.82, 2.24) is 15.2 Å². The second-order valence-corrected chi connectivity index (χ2v) is 6.85. The van der Waals surface area contributed by atoms with Gasteiger partial charge >= 0.3 is 0 Å². The second-order valence-electron chi connectivity index (χ2n) is 5.54. The first kappa shape index (κ1) is 13.2. The van der Waals surface area contributed by atoms with Crippen molar-refractivity contribution in [2.45, 2.75) is 37.4 Å². The molecule has 0 bridgehead atoms. The molecular weight excluding hydrogens is 258 g/mol. The fourth-order valence-electron chi connectivity index (χ4n) is 2.88. The molecule has 2 aliphatic heterocycles. The largest absolute Gasteiger partial charge is 0.340 e. The Kier molecular flexibility index (Phi) is 4.28. The third kappa shape index (κ3) is 3.05. The van der Waals surface area contributed by atoms with E-state index in [1.165, 1.54) is 37.9 Å². The van der Waals surface area contributed by atoms with E-state index in [-0.39, 0.29) is 0 Å². The van der Waals surface area contributed by atoms with E-state index in [1.807, 2.05) is 11.8 Å². The van der Waals surface area contributed by atoms with Gasteiger partial charge in [-0.05, 0) is 43.9 Å². The number of aromatic amines is 1. The Morgan fingerprint density at radius 1 is 1.26 bits per heavy atom. The van der Waals surface area contributed by atoms with Gasteiger partial charge in [0.1, 0.15) is 5.82 Å². The summed E-state index contributed by atoms with van der Waals surface area (Å²) in [5.74, 6) is 3.89. The summed E-state index contributed by atoms with van der Waals surface area (Å²) in [6.07, 6.45) is 6.22. The maximum absolute atomic E-state index is 5.73. The Morgan fingerprint density at radius 2 is 2.11 bits per heavy atom. The molecule has 3 heterocycles. The van der Waals surface area contributed by atoms with Crippen LogP contribution in [0.4, 0.5) is 5.95 Å². The summed E-state index contributed by atoms with van der Waals surface area (Å²) in [6, 6.07) is 0. The van der Waals surface area contributed by atoms with E-state index in [0.717, 1.165) is 31.4 Å². The number of nitrogens with one attached hydrogen (secondary N) is 1. The summed E-state index contributed by atoms with van der Waals surface area (Å²) < 4.78 is 0. The molecule has 5 nitrogen and oxygen atoms in total. The number of aromatic nitrogens is 3. The van der Waals surface area contributed by atoms with Crippen LogP contribution in [0, 0.1) is 5.92 Å². The molecule has 3 rings (SSSR count). The zero-order chi connectivity index (χ0) is 13.1. The molecular formula is C13H23N5S. The van der Waals surface area contributed by atoms with Crippen molar-refractivity contribution in [3.63, 3.8) is 0 Å². The van der Waals surface area contributed by atoms with Crippen molar-refractivity contribution in [2.75, 3.05) is 30.3 Å². The first-order valence-electron chi connectivity index (χ1n) is 7.35. The van der Waals surface area contributed by atoms with Crippen LogP contribution in [0.1, 0.15) is 43.2 Å². The molecule has 0 radical (unpaired) electrons. The number of nitrogens with zero attached hydrogens (tertiary/aromatic N) is 3. The van der Waals surface area contributed by atoms with Crippen molar-refractivity contribution in [3.8, 4) is 0 Å². The van der Waals surface area contributed by atoms with Gasteiger partial charge in [0, 0.05) is 13.1 Å². The molecule has 6 heteroatoms. The summed E-state index contributed by atoms with van der Waals surface area (Å²) >= 11 is 2.01. The first-order chi connectivity index (χ1) is 9.36. The minimum absolute atomic E-state index is 0.525. The second kappa shape index (κ2) is 6.13. The fraction of sp³-hybridized carbons (Fsp3) is 0.846. The molecule has 3 N–H and O–H groups in total. The van der Waals surface area contributed by atoms with Crippen LogP contribution in [0.2, 0.25) is 0 Å². The van der Waals surface area contributed by atoms with Crippen LogP contribution >= 0.6 is 11.8 Å². The third-order valence-electron chi connectivity index (χ3n) is 4.21. The van der Waals surface area contributed by atoms with Crippen LogP contribution in [0.25, 0.3) is 0 Å². The Hall–Kier alpha value is -0.750. The van der Waals surface area contributed by atoms with Crippen molar-refractivity contribution >= 4 is 17.7 Å². The van der Waals surface area contributed by atoms with E-state index in [0.29, 0.717) is 11.2 Å². The van der Waals surface area contributed by atoms with Crippen LogP contribution in [0.15, 0.2) is 0 Å². The Morgan fingerprint density at radius 3 is 2.79 bits per heavy atom. The van der Waals surface area contributed by atoms with E-state index in [2.05, 4.69) is 15.1 Å². The van der Waals surface area contributed by atoms with Gasteiger partial charge in [0.05, 0.1) is 5.25 Å². The van der Waals surface area contributed by atoms with E-state index >= 15 is 0 Å². The Balaban J connectivity index is 1.61. The predicted octanol–water partition coefficient (Wildman–Crippen LogP) is 1.94. The standard InChI is InChI=1S/C13H23N5S/c14-9-10-4-6-18(7-5-10)13-15-12(16-17-13)11-3-1-2-8-19-11/h10-11H,1-9,14H2,(H,15,16,17). The van der Waals surface area contributed by atoms with Crippen molar-refractivity contribution in [1.29, 1.82) is 0 Å². The lowest BCUT2D eigenvalue weighted by Gasteiger charge is -2.30. The van der Waals surface area contributed by atoms with E-state index in [1.54, 1.807) is 0 Å². The molecule has 19 heavy (non-hydrogen) atoms. The average Bonchev–Trinajstić information content (AvgIpc) is 2.98. The number of hydrogen-bond acceptors (Lipinski definition) is 5. The lowest BCUT2D eigenvalue weighted by Crippen LogP contribution is -2.36. The van der Waals surface area contributed by atoms with Gasteiger partial charge in [-0.25, -0.2) is 0 Å². The topological polar surface area (TPSA) is 70.8 Å². The smallest absolute Gasteiger partial charge is 0.244 e. The van der Waals surface area contributed by atoms with Crippen LogP contribution < -0.4 is 10.6 Å². The highest BCUT2D eigenvalue weighted by Gasteiger charge is 2.24. The molecule has 2 saturated heterocycles. The number of hydrogen-bond donors (Lipinski definition) is 2. The number of rotatable bonds is 3. The minimum atomic E-state index is 0.525. The third-order valence-corrected chi connectivity index (χ3v) is 5.59. The lowest BCUT2D eigenvalue weighted by atomic mass is 9.97. The number of H-pyrrole nitrogens is 1. The molecule has 0 amide bonds. The highest BCUT2D eigenvalue weighted by atomic mass is 32.2. The SMILES string of the molecule is NCC1CCN(c2n[nH]c(C3CCCCS3)n2)CC1. The van der Waals surface area contributed by atoms with Gasteiger partial charge < -0.3 is 10.6 Å². The quantitative estimate of drug-likeness (QED) is 0.886. The fourth-order valence-corrected chi connectivity index (χ4v) is 4.13. The molecule has 1 aromatic rings. The van der Waals surface area contributed by atoms with Gasteiger partial charge in [-0.15, -0.1) is 5.10 Å². The zero-order valence-electron chi connectivity index (χ0n) is 11.3. The highest BCUT2D eigenvalue weighted by molar-refractivity contribution is 7.99. The summed E-state index contributed by atoms with van der Waals surface area (Å²) in [5, 5.41) is 8.09. The normalized spacial score (nSPS) is 25.7. The molecule has 0 aliphatic carbocycles. The molecule has 1 aromatic heterocycles. The van der Waals surface area contributed by atoms with E-state index in [4.69, 9.17) is 10.7 Å². The Labute approximate surface area is 118 Å². The molecule has 2 fully saturated rings. The summed E-state index contributed by atoms with van der Waals surface area (Å²) in [6.45, 7) is 2.89. The van der Waals surface area contributed by atoms with Crippen LogP contribution in [0.5, 0.6) is 0 Å². The summed E-state index contributed by atoms with van der Waals surface area (Å²) in [5.41, 5.74) is 5.73. The van der Waals surface area contributed by atoms with E-state index < -0.39 is 0 Å². The molecule has 2 aliphatic rings. The van der Waals surface area contributed by atoms with Crippen molar-refractivity contribution in [2.24, 2.45) is 11.7 Å². The van der Waals surface area contributed by atoms with Crippen LogP contribution in [0.3, 0.4) is 0 Å². The Bertz CT molecular complexity index is 393. The van der Waals surface area contributed by atoms with Crippen molar-refractivity contribution < 1.29 is 0 Å². The molecule has 106 valence electrons. The minimum Gasteiger partial charge on any atom is -0.340 e. The molecule has 1 atom stereocenters. The number of anilines is 1. The van der Waals surface area contributed by atoms with E-state index in [9.17, 15) is 0 Å². The van der Waals surface area contributed by atoms with Gasteiger partial charge in [-0.2, -0.15) is 16.7 Å². The highest BCUT2D eigenvalue weighted by Crippen LogP contribution is 2.37. The zero-order valence-corrected chi connectivity index (χ0v) is 12.2. The first-order valence-corrected chi connectivity index (χ1v) is 8.40. The number of thioether (sulfide) groups is 1. The summed E-state index contributed by atoms with van der Waals surface area (Å²) in [4.78, 5) is 7.01. The molecule has 0 aromatic carbocycles. The molecule has 1 unspecified atom stereocenters. The maximum Gasteiger partial charge on any atom is 0.244 e. The predicted molar refractivity (Wildman–Crippen MR) is 79.4 cm³/mol. The average molecular weight is 281 g/mol. The van der Waals surface area contributed by atoms with Gasteiger partial charge in [-0.1, -0.05) is 6.42 Å². The monoisotopic (exact) mass is 281 g/mol. The van der Waals surface area contributed by atoms with Gasteiger partial charge in [0.2, 0.25) is 5.95 Å². The lowest BCUT2D eigenvalue weighted by molar-refractivity contribution is 0.411.